The summed E-state index contributed by atoms with van der Waals surface area (Å²) in [6.07, 6.45) is 0. The lowest BCUT2D eigenvalue weighted by atomic mass is 9.93. The summed E-state index contributed by atoms with van der Waals surface area (Å²) >= 11 is 0. The number of aliphatic hydroxyl groups excluding tert-OH is 1. The molecule has 1 aliphatic rings. The van der Waals surface area contributed by atoms with Crippen molar-refractivity contribution in [3.63, 3.8) is 0 Å². The predicted octanol–water partition coefficient (Wildman–Crippen LogP) is 2.70. The van der Waals surface area contributed by atoms with Crippen LogP contribution in [0.15, 0.2) is 42.0 Å². The number of phenolic OH excluding ortho intramolecular Hbond substituents is 1. The number of hydrogen-bond acceptors (Lipinski definition) is 7. The molecule has 0 aliphatic carbocycles. The Hall–Kier alpha value is -3.52. The number of phenols is 1. The second-order valence-electron chi connectivity index (χ2n) is 7.91. The summed E-state index contributed by atoms with van der Waals surface area (Å²) in [5.41, 5.74) is 1.68. The first-order valence-corrected chi connectivity index (χ1v) is 10.1. The van der Waals surface area contributed by atoms with Crippen LogP contribution in [0.3, 0.4) is 0 Å². The van der Waals surface area contributed by atoms with Gasteiger partial charge in [-0.15, -0.1) is 0 Å². The minimum absolute atomic E-state index is 0.00485. The van der Waals surface area contributed by atoms with E-state index in [1.54, 1.807) is 44.4 Å². The first-order chi connectivity index (χ1) is 15.2. The Balaban J connectivity index is 2.20. The molecule has 0 aromatic heterocycles. The highest BCUT2D eigenvalue weighted by molar-refractivity contribution is 6.46. The van der Waals surface area contributed by atoms with E-state index in [0.717, 1.165) is 0 Å². The van der Waals surface area contributed by atoms with Gasteiger partial charge in [0.1, 0.15) is 11.5 Å². The topological polar surface area (TPSA) is 99.5 Å². The first-order valence-electron chi connectivity index (χ1n) is 10.1. The van der Waals surface area contributed by atoms with Crippen LogP contribution in [0, 0.1) is 6.92 Å². The number of ether oxygens (including phenoxy) is 2. The molecule has 8 heteroatoms. The van der Waals surface area contributed by atoms with Crippen LogP contribution in [-0.4, -0.2) is 73.1 Å². The predicted molar refractivity (Wildman–Crippen MR) is 120 cm³/mol. The van der Waals surface area contributed by atoms with Crippen LogP contribution in [0.25, 0.3) is 5.76 Å². The molecular formula is C24H28N2O6. The monoisotopic (exact) mass is 440 g/mol. The van der Waals surface area contributed by atoms with Gasteiger partial charge in [-0.3, -0.25) is 9.59 Å². The van der Waals surface area contributed by atoms with E-state index in [2.05, 4.69) is 0 Å². The molecule has 1 heterocycles. The SMILES string of the molecule is COc1ccc(/C(O)=C2\C(=O)C(=O)N(CCN(C)C)[C@H]2c2ccc(O)c(OC)c2)c(C)c1. The summed E-state index contributed by atoms with van der Waals surface area (Å²) in [6.45, 7) is 2.60. The van der Waals surface area contributed by atoms with Crippen molar-refractivity contribution in [2.45, 2.75) is 13.0 Å². The number of hydrogen-bond donors (Lipinski definition) is 2. The molecular weight excluding hydrogens is 412 g/mol. The van der Waals surface area contributed by atoms with Crippen molar-refractivity contribution in [3.8, 4) is 17.2 Å². The van der Waals surface area contributed by atoms with Crippen LogP contribution in [0.4, 0.5) is 0 Å². The van der Waals surface area contributed by atoms with Gasteiger partial charge in [0.05, 0.1) is 25.8 Å². The maximum Gasteiger partial charge on any atom is 0.295 e. The van der Waals surface area contributed by atoms with E-state index in [0.29, 0.717) is 29.0 Å². The average molecular weight is 440 g/mol. The fourth-order valence-corrected chi connectivity index (χ4v) is 3.80. The Labute approximate surface area is 187 Å². The molecule has 1 atom stereocenters. The van der Waals surface area contributed by atoms with Gasteiger partial charge in [0.2, 0.25) is 0 Å². The molecule has 0 unspecified atom stereocenters. The smallest absolute Gasteiger partial charge is 0.295 e. The summed E-state index contributed by atoms with van der Waals surface area (Å²) in [5.74, 6) is -0.933. The molecule has 1 aliphatic heterocycles. The second kappa shape index (κ2) is 9.32. The fourth-order valence-electron chi connectivity index (χ4n) is 3.80. The molecule has 3 rings (SSSR count). The van der Waals surface area contributed by atoms with Gasteiger partial charge in [0.15, 0.2) is 11.5 Å². The number of likely N-dealkylation sites (N-methyl/N-ethyl adjacent to an activating group) is 1. The molecule has 2 aromatic carbocycles. The number of aliphatic hydroxyl groups is 1. The Morgan fingerprint density at radius 3 is 2.41 bits per heavy atom. The third-order valence-corrected chi connectivity index (χ3v) is 5.54. The minimum atomic E-state index is -0.828. The third kappa shape index (κ3) is 4.27. The molecule has 2 N–H and O–H groups in total. The van der Waals surface area contributed by atoms with E-state index in [1.807, 2.05) is 19.0 Å². The molecule has 8 nitrogen and oxygen atoms in total. The number of Topliss-reactive ketones (excluding diaryl/α,β-unsaturated/α-hetero) is 1. The summed E-state index contributed by atoms with van der Waals surface area (Å²) < 4.78 is 10.4. The highest BCUT2D eigenvalue weighted by Crippen LogP contribution is 2.42. The van der Waals surface area contributed by atoms with Crippen molar-refractivity contribution in [2.75, 3.05) is 41.4 Å². The number of methoxy groups -OCH3 is 2. The van der Waals surface area contributed by atoms with E-state index in [9.17, 15) is 19.8 Å². The summed E-state index contributed by atoms with van der Waals surface area (Å²) in [5, 5.41) is 21.2. The third-order valence-electron chi connectivity index (χ3n) is 5.54. The van der Waals surface area contributed by atoms with Crippen LogP contribution < -0.4 is 9.47 Å². The standard InChI is InChI=1S/C24H28N2O6/c1-14-12-16(31-4)7-8-17(14)22(28)20-21(15-6-9-18(27)19(13-15)32-5)26(11-10-25(2)3)24(30)23(20)29/h6-9,12-13,21,27-28H,10-11H2,1-5H3/b22-20+/t21-/m0/s1. The molecule has 0 radical (unpaired) electrons. The molecule has 170 valence electrons. The van der Waals surface area contributed by atoms with Crippen molar-refractivity contribution in [2.24, 2.45) is 0 Å². The van der Waals surface area contributed by atoms with E-state index in [4.69, 9.17) is 9.47 Å². The number of benzene rings is 2. The molecule has 1 saturated heterocycles. The van der Waals surface area contributed by atoms with Gasteiger partial charge in [-0.05, 0) is 62.5 Å². The van der Waals surface area contributed by atoms with Gasteiger partial charge < -0.3 is 29.5 Å². The van der Waals surface area contributed by atoms with Crippen LogP contribution in [0.2, 0.25) is 0 Å². The zero-order chi connectivity index (χ0) is 23.6. The minimum Gasteiger partial charge on any atom is -0.507 e. The second-order valence-corrected chi connectivity index (χ2v) is 7.91. The number of ketones is 1. The largest absolute Gasteiger partial charge is 0.507 e. The highest BCUT2D eigenvalue weighted by Gasteiger charge is 2.46. The molecule has 1 fully saturated rings. The maximum absolute atomic E-state index is 13.1. The van der Waals surface area contributed by atoms with Gasteiger partial charge in [-0.1, -0.05) is 6.07 Å². The number of aryl methyl sites for hydroxylation is 1. The van der Waals surface area contributed by atoms with Crippen LogP contribution in [0.5, 0.6) is 17.2 Å². The molecule has 0 spiro atoms. The molecule has 2 aromatic rings. The van der Waals surface area contributed by atoms with Crippen molar-refractivity contribution in [3.05, 3.63) is 58.7 Å². The molecule has 0 saturated carbocycles. The van der Waals surface area contributed by atoms with Crippen LogP contribution in [-0.2, 0) is 9.59 Å². The van der Waals surface area contributed by atoms with E-state index < -0.39 is 17.7 Å². The Bertz CT molecular complexity index is 1080. The number of aromatic hydroxyl groups is 1. The van der Waals surface area contributed by atoms with Gasteiger partial charge in [0.25, 0.3) is 11.7 Å². The van der Waals surface area contributed by atoms with Gasteiger partial charge in [-0.25, -0.2) is 0 Å². The van der Waals surface area contributed by atoms with Crippen molar-refractivity contribution in [1.29, 1.82) is 0 Å². The lowest BCUT2D eigenvalue weighted by molar-refractivity contribution is -0.140. The fraction of sp³-hybridized carbons (Fsp3) is 0.333. The zero-order valence-corrected chi connectivity index (χ0v) is 18.9. The van der Waals surface area contributed by atoms with E-state index in [-0.39, 0.29) is 29.4 Å². The number of rotatable bonds is 7. The lowest BCUT2D eigenvalue weighted by Gasteiger charge is -2.27. The van der Waals surface area contributed by atoms with Gasteiger partial charge >= 0.3 is 0 Å². The first kappa shape index (κ1) is 23.1. The Morgan fingerprint density at radius 2 is 1.81 bits per heavy atom. The van der Waals surface area contributed by atoms with Crippen molar-refractivity contribution >= 4 is 17.4 Å². The lowest BCUT2D eigenvalue weighted by Crippen LogP contribution is -2.35. The number of carbonyl (C=O) groups excluding carboxylic acids is 2. The van der Waals surface area contributed by atoms with Crippen LogP contribution in [0.1, 0.15) is 22.7 Å². The van der Waals surface area contributed by atoms with E-state index in [1.165, 1.54) is 18.1 Å². The van der Waals surface area contributed by atoms with Gasteiger partial charge in [-0.2, -0.15) is 0 Å². The normalized spacial score (nSPS) is 17.8. The number of nitrogens with zero attached hydrogens (tertiary/aromatic N) is 2. The Morgan fingerprint density at radius 1 is 1.09 bits per heavy atom. The van der Waals surface area contributed by atoms with Crippen molar-refractivity contribution in [1.82, 2.24) is 9.80 Å². The highest BCUT2D eigenvalue weighted by atomic mass is 16.5. The quantitative estimate of drug-likeness (QED) is 0.388. The number of carbonyl (C=O) groups is 2. The molecule has 1 amide bonds. The Kier molecular flexibility index (Phi) is 6.74. The van der Waals surface area contributed by atoms with E-state index >= 15 is 0 Å². The summed E-state index contributed by atoms with van der Waals surface area (Å²) in [7, 11) is 6.71. The van der Waals surface area contributed by atoms with Gasteiger partial charge in [0, 0.05) is 18.7 Å². The number of amides is 1. The summed E-state index contributed by atoms with van der Waals surface area (Å²) in [4.78, 5) is 29.4. The molecule has 32 heavy (non-hydrogen) atoms. The average Bonchev–Trinajstić information content (AvgIpc) is 3.02. The number of likely N-dealkylation sites (tertiary alicyclic amines) is 1. The zero-order valence-electron chi connectivity index (χ0n) is 18.9. The van der Waals surface area contributed by atoms with Crippen LogP contribution >= 0.6 is 0 Å². The molecule has 0 bridgehead atoms. The van der Waals surface area contributed by atoms with Crippen molar-refractivity contribution < 1.29 is 29.3 Å². The maximum atomic E-state index is 13.1. The summed E-state index contributed by atoms with van der Waals surface area (Å²) in [6, 6.07) is 8.89.